The number of hydrogen-bond acceptors (Lipinski definition) is 2. The van der Waals surface area contributed by atoms with E-state index in [4.69, 9.17) is 11.6 Å². The first-order valence-electron chi connectivity index (χ1n) is 6.85. The fraction of sp³-hybridized carbons (Fsp3) is 0.0588. The van der Waals surface area contributed by atoms with Gasteiger partial charge in [-0.1, -0.05) is 41.9 Å². The highest BCUT2D eigenvalue weighted by Crippen LogP contribution is 2.15. The Labute approximate surface area is 132 Å². The summed E-state index contributed by atoms with van der Waals surface area (Å²) in [4.78, 5) is 11.9. The number of fused-ring (bicyclic) bond motifs is 1. The molecule has 22 heavy (non-hydrogen) atoms. The van der Waals surface area contributed by atoms with Crippen LogP contribution in [0.15, 0.2) is 54.7 Å². The highest BCUT2D eigenvalue weighted by atomic mass is 35.5. The van der Waals surface area contributed by atoms with Crippen molar-refractivity contribution in [1.82, 2.24) is 15.5 Å². The van der Waals surface area contributed by atoms with Gasteiger partial charge >= 0.3 is 0 Å². The molecule has 0 atom stereocenters. The molecule has 3 aromatic rings. The lowest BCUT2D eigenvalue weighted by Gasteiger charge is -2.03. The minimum Gasteiger partial charge on any atom is -0.348 e. The third-order valence-corrected chi connectivity index (χ3v) is 3.57. The largest absolute Gasteiger partial charge is 0.348 e. The Kier molecular flexibility index (Phi) is 4.21. The molecule has 1 aromatic heterocycles. The standard InChI is InChI=1S/C17H14ClN3O/c18-15-7-4-12(5-8-15)6-9-16(22)19-10-13-2-1-3-14-11-20-21-17(13)14/h1-9,11H,10H2,(H,19,22)(H,20,21). The van der Waals surface area contributed by atoms with Crippen LogP contribution in [0.5, 0.6) is 0 Å². The summed E-state index contributed by atoms with van der Waals surface area (Å²) in [5, 5.41) is 11.5. The first kappa shape index (κ1) is 14.4. The third kappa shape index (κ3) is 3.35. The van der Waals surface area contributed by atoms with E-state index < -0.39 is 0 Å². The zero-order valence-electron chi connectivity index (χ0n) is 11.7. The normalized spacial score (nSPS) is 11.1. The number of benzene rings is 2. The molecule has 0 unspecified atom stereocenters. The smallest absolute Gasteiger partial charge is 0.244 e. The summed E-state index contributed by atoms with van der Waals surface area (Å²) in [5.74, 6) is -0.147. The number of nitrogens with zero attached hydrogens (tertiary/aromatic N) is 1. The molecule has 2 aromatic carbocycles. The van der Waals surface area contributed by atoms with Gasteiger partial charge in [-0.05, 0) is 29.3 Å². The molecule has 0 saturated carbocycles. The van der Waals surface area contributed by atoms with E-state index in [2.05, 4.69) is 15.5 Å². The summed E-state index contributed by atoms with van der Waals surface area (Å²) >= 11 is 5.82. The molecule has 2 N–H and O–H groups in total. The molecule has 0 aliphatic heterocycles. The van der Waals surface area contributed by atoms with Gasteiger partial charge in [0.05, 0.1) is 11.7 Å². The van der Waals surface area contributed by atoms with Gasteiger partial charge in [-0.3, -0.25) is 9.89 Å². The molecule has 1 heterocycles. The Bertz CT molecular complexity index is 821. The van der Waals surface area contributed by atoms with Crippen molar-refractivity contribution < 1.29 is 4.79 Å². The predicted octanol–water partition coefficient (Wildman–Crippen LogP) is 3.55. The molecule has 0 fully saturated rings. The van der Waals surface area contributed by atoms with Crippen LogP contribution in [-0.4, -0.2) is 16.1 Å². The Morgan fingerprint density at radius 2 is 2.05 bits per heavy atom. The second-order valence-electron chi connectivity index (χ2n) is 4.85. The van der Waals surface area contributed by atoms with Crippen LogP contribution in [0.25, 0.3) is 17.0 Å². The Hall–Kier alpha value is -2.59. The maximum absolute atomic E-state index is 11.9. The van der Waals surface area contributed by atoms with Crippen molar-refractivity contribution in [3.8, 4) is 0 Å². The number of H-pyrrole nitrogens is 1. The molecule has 3 rings (SSSR count). The van der Waals surface area contributed by atoms with E-state index in [0.29, 0.717) is 11.6 Å². The van der Waals surface area contributed by atoms with Crippen LogP contribution < -0.4 is 5.32 Å². The van der Waals surface area contributed by atoms with Crippen molar-refractivity contribution in [1.29, 1.82) is 0 Å². The number of para-hydroxylation sites is 1. The number of halogens is 1. The number of carbonyl (C=O) groups is 1. The molecular weight excluding hydrogens is 298 g/mol. The van der Waals surface area contributed by atoms with Gasteiger partial charge in [0.2, 0.25) is 5.91 Å². The van der Waals surface area contributed by atoms with Gasteiger partial charge in [-0.2, -0.15) is 5.10 Å². The van der Waals surface area contributed by atoms with Gasteiger partial charge in [0.25, 0.3) is 0 Å². The van der Waals surface area contributed by atoms with Crippen LogP contribution in [0.1, 0.15) is 11.1 Å². The van der Waals surface area contributed by atoms with Crippen LogP contribution in [0, 0.1) is 0 Å². The fourth-order valence-electron chi connectivity index (χ4n) is 2.16. The monoisotopic (exact) mass is 311 g/mol. The summed E-state index contributed by atoms with van der Waals surface area (Å²) in [6.45, 7) is 0.448. The number of nitrogens with one attached hydrogen (secondary N) is 2. The maximum atomic E-state index is 11.9. The molecule has 4 nitrogen and oxygen atoms in total. The summed E-state index contributed by atoms with van der Waals surface area (Å²) < 4.78 is 0. The first-order valence-corrected chi connectivity index (χ1v) is 7.22. The number of aromatic amines is 1. The molecular formula is C17H14ClN3O. The minimum atomic E-state index is -0.147. The topological polar surface area (TPSA) is 57.8 Å². The summed E-state index contributed by atoms with van der Waals surface area (Å²) in [7, 11) is 0. The number of amides is 1. The Balaban J connectivity index is 1.62. The lowest BCUT2D eigenvalue weighted by atomic mass is 10.1. The number of hydrogen-bond donors (Lipinski definition) is 2. The van der Waals surface area contributed by atoms with E-state index in [9.17, 15) is 4.79 Å². The fourth-order valence-corrected chi connectivity index (χ4v) is 2.29. The highest BCUT2D eigenvalue weighted by molar-refractivity contribution is 6.30. The van der Waals surface area contributed by atoms with E-state index in [1.165, 1.54) is 6.08 Å². The van der Waals surface area contributed by atoms with Gasteiger partial charge in [-0.15, -0.1) is 0 Å². The molecule has 0 spiro atoms. The first-order chi connectivity index (χ1) is 10.7. The summed E-state index contributed by atoms with van der Waals surface area (Å²) in [6, 6.07) is 13.2. The third-order valence-electron chi connectivity index (χ3n) is 3.31. The number of rotatable bonds is 4. The van der Waals surface area contributed by atoms with Gasteiger partial charge in [0.15, 0.2) is 0 Å². The molecule has 0 radical (unpaired) electrons. The van der Waals surface area contributed by atoms with Gasteiger partial charge in [0, 0.05) is 23.0 Å². The second-order valence-corrected chi connectivity index (χ2v) is 5.29. The Morgan fingerprint density at radius 3 is 2.86 bits per heavy atom. The second kappa shape index (κ2) is 6.45. The van der Waals surface area contributed by atoms with Crippen molar-refractivity contribution in [2.45, 2.75) is 6.54 Å². The lowest BCUT2D eigenvalue weighted by Crippen LogP contribution is -2.20. The van der Waals surface area contributed by atoms with Crippen LogP contribution in [-0.2, 0) is 11.3 Å². The van der Waals surface area contributed by atoms with E-state index >= 15 is 0 Å². The molecule has 5 heteroatoms. The molecule has 1 amide bonds. The van der Waals surface area contributed by atoms with Crippen molar-refractivity contribution in [2.24, 2.45) is 0 Å². The van der Waals surface area contributed by atoms with Crippen LogP contribution in [0.2, 0.25) is 5.02 Å². The van der Waals surface area contributed by atoms with Gasteiger partial charge in [0.1, 0.15) is 0 Å². The zero-order chi connectivity index (χ0) is 15.4. The maximum Gasteiger partial charge on any atom is 0.244 e. The van der Waals surface area contributed by atoms with Crippen molar-refractivity contribution in [2.75, 3.05) is 0 Å². The number of aromatic nitrogens is 2. The molecule has 0 saturated heterocycles. The van der Waals surface area contributed by atoms with Crippen molar-refractivity contribution in [3.63, 3.8) is 0 Å². The molecule has 0 bridgehead atoms. The van der Waals surface area contributed by atoms with Crippen molar-refractivity contribution in [3.05, 3.63) is 70.9 Å². The Morgan fingerprint density at radius 1 is 1.23 bits per heavy atom. The molecule has 0 aliphatic carbocycles. The van der Waals surface area contributed by atoms with Crippen molar-refractivity contribution >= 4 is 34.5 Å². The van der Waals surface area contributed by atoms with Crippen LogP contribution >= 0.6 is 11.6 Å². The lowest BCUT2D eigenvalue weighted by molar-refractivity contribution is -0.116. The van der Waals surface area contributed by atoms with E-state index in [0.717, 1.165) is 22.0 Å². The molecule has 110 valence electrons. The average molecular weight is 312 g/mol. The summed E-state index contributed by atoms with van der Waals surface area (Å²) in [5.41, 5.74) is 2.88. The van der Waals surface area contributed by atoms with Gasteiger partial charge < -0.3 is 5.32 Å². The van der Waals surface area contributed by atoms with Crippen LogP contribution in [0.4, 0.5) is 0 Å². The van der Waals surface area contributed by atoms with Gasteiger partial charge in [-0.25, -0.2) is 0 Å². The molecule has 0 aliphatic rings. The SMILES string of the molecule is O=C(C=Cc1ccc(Cl)cc1)NCc1cccc2cn[nH]c12. The van der Waals surface area contributed by atoms with E-state index in [1.54, 1.807) is 24.4 Å². The number of carbonyl (C=O) groups excluding carboxylic acids is 1. The highest BCUT2D eigenvalue weighted by Gasteiger charge is 2.03. The van der Waals surface area contributed by atoms with E-state index in [1.807, 2.05) is 30.3 Å². The van der Waals surface area contributed by atoms with E-state index in [-0.39, 0.29) is 5.91 Å². The summed E-state index contributed by atoms with van der Waals surface area (Å²) in [6.07, 6.45) is 5.03. The average Bonchev–Trinajstić information content (AvgIpc) is 3.01. The van der Waals surface area contributed by atoms with Crippen LogP contribution in [0.3, 0.4) is 0 Å². The minimum absolute atomic E-state index is 0.147. The quantitative estimate of drug-likeness (QED) is 0.724. The zero-order valence-corrected chi connectivity index (χ0v) is 12.5. The predicted molar refractivity (Wildman–Crippen MR) is 88.4 cm³/mol.